The van der Waals surface area contributed by atoms with Gasteiger partial charge in [-0.15, -0.1) is 0 Å². The van der Waals surface area contributed by atoms with E-state index in [0.29, 0.717) is 48.9 Å². The first-order valence-corrected chi connectivity index (χ1v) is 16.1. The van der Waals surface area contributed by atoms with Gasteiger partial charge in [0.15, 0.2) is 16.7 Å². The van der Waals surface area contributed by atoms with Crippen molar-refractivity contribution in [2.24, 2.45) is 0 Å². The lowest BCUT2D eigenvalue weighted by Gasteiger charge is -2.40. The Kier molecular flexibility index (Phi) is 9.29. The summed E-state index contributed by atoms with van der Waals surface area (Å²) in [4.78, 5) is 43.3. The molecule has 6 rings (SSSR count). The van der Waals surface area contributed by atoms with E-state index in [0.717, 1.165) is 42.4 Å². The van der Waals surface area contributed by atoms with Gasteiger partial charge in [0.25, 0.3) is 0 Å². The molecule has 4 heterocycles. The van der Waals surface area contributed by atoms with Gasteiger partial charge in [0.2, 0.25) is 12.7 Å². The summed E-state index contributed by atoms with van der Waals surface area (Å²) >= 11 is 7.68. The van der Waals surface area contributed by atoms with E-state index in [1.54, 1.807) is 6.07 Å². The highest BCUT2D eigenvalue weighted by Crippen LogP contribution is 2.33. The summed E-state index contributed by atoms with van der Waals surface area (Å²) in [6, 6.07) is 15.4. The van der Waals surface area contributed by atoms with Crippen molar-refractivity contribution in [3.63, 3.8) is 0 Å². The van der Waals surface area contributed by atoms with E-state index in [-0.39, 0.29) is 30.5 Å². The van der Waals surface area contributed by atoms with Crippen LogP contribution in [-0.4, -0.2) is 101 Å². The first kappa shape index (κ1) is 30.3. The average molecular weight is 638 g/mol. The molecular weight excluding hydrogens is 602 g/mol. The molecule has 1 atom stereocenters. The Morgan fingerprint density at radius 1 is 1.00 bits per heavy atom. The second kappa shape index (κ2) is 13.5. The number of rotatable bonds is 7. The van der Waals surface area contributed by atoms with Crippen molar-refractivity contribution < 1.29 is 19.1 Å². The van der Waals surface area contributed by atoms with Gasteiger partial charge < -0.3 is 29.5 Å². The van der Waals surface area contributed by atoms with Crippen LogP contribution < -0.4 is 19.7 Å². The number of anilines is 2. The van der Waals surface area contributed by atoms with Crippen LogP contribution in [0.15, 0.2) is 53.7 Å². The highest BCUT2D eigenvalue weighted by Gasteiger charge is 2.29. The van der Waals surface area contributed by atoms with Gasteiger partial charge in [0, 0.05) is 70.2 Å². The molecule has 3 aromatic rings. The first-order valence-electron chi connectivity index (χ1n) is 14.8. The summed E-state index contributed by atoms with van der Waals surface area (Å²) in [5, 5.41) is 3.80. The van der Waals surface area contributed by atoms with Crippen molar-refractivity contribution in [1.29, 1.82) is 0 Å². The molecule has 0 radical (unpaired) electrons. The molecule has 13 heteroatoms. The Morgan fingerprint density at radius 2 is 1.82 bits per heavy atom. The van der Waals surface area contributed by atoms with Gasteiger partial charge in [-0.1, -0.05) is 41.6 Å². The van der Waals surface area contributed by atoms with Gasteiger partial charge >= 0.3 is 6.03 Å². The van der Waals surface area contributed by atoms with Crippen molar-refractivity contribution in [2.45, 2.75) is 31.6 Å². The molecule has 3 aliphatic heterocycles. The Labute approximate surface area is 266 Å². The monoisotopic (exact) mass is 637 g/mol. The molecule has 1 aromatic heterocycles. The summed E-state index contributed by atoms with van der Waals surface area (Å²) in [5.41, 5.74) is 3.04. The summed E-state index contributed by atoms with van der Waals surface area (Å²) in [7, 11) is 0. The first-order chi connectivity index (χ1) is 21.3. The number of aromatic nitrogens is 2. The molecule has 1 unspecified atom stereocenters. The Bertz CT molecular complexity index is 1520. The Morgan fingerprint density at radius 3 is 2.61 bits per heavy atom. The van der Waals surface area contributed by atoms with E-state index in [2.05, 4.69) is 26.2 Å². The van der Waals surface area contributed by atoms with E-state index < -0.39 is 0 Å². The molecule has 0 saturated carbocycles. The van der Waals surface area contributed by atoms with Gasteiger partial charge in [-0.05, 0) is 49.2 Å². The van der Waals surface area contributed by atoms with Crippen LogP contribution in [0.3, 0.4) is 0 Å². The van der Waals surface area contributed by atoms with Gasteiger partial charge in [-0.2, -0.15) is 0 Å². The van der Waals surface area contributed by atoms with Crippen LogP contribution >= 0.6 is 23.4 Å². The minimum Gasteiger partial charge on any atom is -0.454 e. The SMILES string of the molecule is Cc1cccc(NC(=O)N2CCN(c3cc(Cl)nc(SCC(=O)N4CCN(Cc5ccc6c(c5)OCO6)CC4)n3)CC2C)c1. The predicted octanol–water partition coefficient (Wildman–Crippen LogP) is 4.35. The fourth-order valence-corrected chi connectivity index (χ4v) is 6.65. The highest BCUT2D eigenvalue weighted by molar-refractivity contribution is 7.99. The molecule has 2 aromatic carbocycles. The number of hydrogen-bond acceptors (Lipinski definition) is 9. The number of benzene rings is 2. The summed E-state index contributed by atoms with van der Waals surface area (Å²) in [5.74, 6) is 2.57. The Hall–Kier alpha value is -3.74. The highest BCUT2D eigenvalue weighted by atomic mass is 35.5. The van der Waals surface area contributed by atoms with Crippen molar-refractivity contribution in [2.75, 3.05) is 68.6 Å². The number of piperazine rings is 2. The number of aryl methyl sites for hydroxylation is 1. The molecule has 3 aliphatic rings. The van der Waals surface area contributed by atoms with Crippen LogP contribution in [-0.2, 0) is 11.3 Å². The number of nitrogens with zero attached hydrogens (tertiary/aromatic N) is 6. The zero-order chi connectivity index (χ0) is 30.6. The molecule has 0 spiro atoms. The van der Waals surface area contributed by atoms with Crippen molar-refractivity contribution in [1.82, 2.24) is 24.7 Å². The number of halogens is 1. The smallest absolute Gasteiger partial charge is 0.322 e. The van der Waals surface area contributed by atoms with E-state index in [9.17, 15) is 9.59 Å². The van der Waals surface area contributed by atoms with Crippen molar-refractivity contribution in [3.8, 4) is 11.5 Å². The van der Waals surface area contributed by atoms with Crippen LogP contribution in [0.5, 0.6) is 11.5 Å². The number of urea groups is 1. The standard InChI is InChI=1S/C31H36ClN7O4S/c1-21-4-3-5-24(14-21)33-31(41)39-13-12-38(17-22(39)2)28-16-27(32)34-30(35-28)44-19-29(40)37-10-8-36(9-11-37)18-23-6-7-25-26(15-23)43-20-42-25/h3-7,14-16,22H,8-13,17-20H2,1-2H3,(H,33,41). The predicted molar refractivity (Wildman–Crippen MR) is 171 cm³/mol. The lowest BCUT2D eigenvalue weighted by atomic mass is 10.1. The third-order valence-corrected chi connectivity index (χ3v) is 9.06. The van der Waals surface area contributed by atoms with Crippen LogP contribution in [0.2, 0.25) is 5.15 Å². The number of ether oxygens (including phenoxy) is 2. The van der Waals surface area contributed by atoms with E-state index in [1.807, 2.05) is 60.0 Å². The topological polar surface area (TPSA) is 103 Å². The minimum atomic E-state index is -0.119. The molecule has 2 saturated heterocycles. The Balaban J connectivity index is 0.977. The molecule has 0 bridgehead atoms. The number of nitrogens with one attached hydrogen (secondary N) is 1. The van der Waals surface area contributed by atoms with Gasteiger partial charge in [-0.25, -0.2) is 14.8 Å². The molecular formula is C31H36ClN7O4S. The van der Waals surface area contributed by atoms with Gasteiger partial charge in [0.1, 0.15) is 11.0 Å². The number of carbonyl (C=O) groups is 2. The third-order valence-electron chi connectivity index (χ3n) is 8.04. The zero-order valence-electron chi connectivity index (χ0n) is 24.9. The fraction of sp³-hybridized carbons (Fsp3) is 0.419. The molecule has 2 fully saturated rings. The second-order valence-corrected chi connectivity index (χ2v) is 12.6. The van der Waals surface area contributed by atoms with Crippen molar-refractivity contribution in [3.05, 3.63) is 64.8 Å². The molecule has 232 valence electrons. The minimum absolute atomic E-state index is 0.0382. The van der Waals surface area contributed by atoms with Gasteiger partial charge in [-0.3, -0.25) is 9.69 Å². The largest absolute Gasteiger partial charge is 0.454 e. The fourth-order valence-electron chi connectivity index (χ4n) is 5.67. The number of fused-ring (bicyclic) bond motifs is 1. The lowest BCUT2D eigenvalue weighted by molar-refractivity contribution is -0.130. The molecule has 3 amide bonds. The van der Waals surface area contributed by atoms with E-state index in [4.69, 9.17) is 26.1 Å². The average Bonchev–Trinajstić information content (AvgIpc) is 3.48. The second-order valence-electron chi connectivity index (χ2n) is 11.3. The zero-order valence-corrected chi connectivity index (χ0v) is 26.4. The van der Waals surface area contributed by atoms with E-state index in [1.165, 1.54) is 17.3 Å². The molecule has 0 aliphatic carbocycles. The normalized spacial score (nSPS) is 18.4. The molecule has 44 heavy (non-hydrogen) atoms. The quantitative estimate of drug-likeness (QED) is 0.230. The van der Waals surface area contributed by atoms with Crippen LogP contribution in [0, 0.1) is 6.92 Å². The third kappa shape index (κ3) is 7.31. The lowest BCUT2D eigenvalue weighted by Crippen LogP contribution is -2.55. The maximum absolute atomic E-state index is 13.0. The number of carbonyl (C=O) groups excluding carboxylic acids is 2. The van der Waals surface area contributed by atoms with Crippen LogP contribution in [0.25, 0.3) is 0 Å². The number of thioether (sulfide) groups is 1. The molecule has 1 N–H and O–H groups in total. The number of hydrogen-bond donors (Lipinski definition) is 1. The molecule has 11 nitrogen and oxygen atoms in total. The summed E-state index contributed by atoms with van der Waals surface area (Å²) in [6.07, 6.45) is 0. The number of amides is 3. The van der Waals surface area contributed by atoms with Gasteiger partial charge in [0.05, 0.1) is 5.75 Å². The maximum Gasteiger partial charge on any atom is 0.322 e. The summed E-state index contributed by atoms with van der Waals surface area (Å²) < 4.78 is 10.9. The van der Waals surface area contributed by atoms with Crippen LogP contribution in [0.4, 0.5) is 16.3 Å². The van der Waals surface area contributed by atoms with Crippen LogP contribution in [0.1, 0.15) is 18.1 Å². The maximum atomic E-state index is 13.0. The summed E-state index contributed by atoms with van der Waals surface area (Å²) in [6.45, 7) is 9.80. The van der Waals surface area contributed by atoms with Crippen molar-refractivity contribution >= 4 is 46.8 Å². The van der Waals surface area contributed by atoms with E-state index >= 15 is 0 Å².